The van der Waals surface area contributed by atoms with Gasteiger partial charge < -0.3 is 10.1 Å². The van der Waals surface area contributed by atoms with E-state index < -0.39 is 0 Å². The molecule has 0 aromatic heterocycles. The Morgan fingerprint density at radius 1 is 1.36 bits per heavy atom. The summed E-state index contributed by atoms with van der Waals surface area (Å²) in [6.45, 7) is 5.54. The molecule has 1 aliphatic rings. The van der Waals surface area contributed by atoms with Crippen molar-refractivity contribution in [2.45, 2.75) is 58.1 Å². The van der Waals surface area contributed by atoms with Crippen LogP contribution in [0.3, 0.4) is 0 Å². The van der Waals surface area contributed by atoms with Gasteiger partial charge in [-0.25, -0.2) is 0 Å². The number of ether oxygens (including phenoxy) is 1. The molecule has 2 nitrogen and oxygen atoms in total. The highest BCUT2D eigenvalue weighted by Crippen LogP contribution is 2.19. The first-order valence-electron chi connectivity index (χ1n) is 6.01. The van der Waals surface area contributed by atoms with Gasteiger partial charge >= 0.3 is 0 Å². The topological polar surface area (TPSA) is 21.3 Å². The van der Waals surface area contributed by atoms with Gasteiger partial charge in [-0.1, -0.05) is 13.8 Å². The minimum Gasteiger partial charge on any atom is -0.378 e. The van der Waals surface area contributed by atoms with Crippen LogP contribution in [0.1, 0.15) is 46.0 Å². The molecule has 0 spiro atoms. The van der Waals surface area contributed by atoms with Gasteiger partial charge in [0, 0.05) is 12.6 Å². The van der Waals surface area contributed by atoms with Crippen LogP contribution in [0.25, 0.3) is 0 Å². The lowest BCUT2D eigenvalue weighted by Crippen LogP contribution is -2.33. The maximum absolute atomic E-state index is 5.75. The van der Waals surface area contributed by atoms with Crippen molar-refractivity contribution in [2.24, 2.45) is 5.92 Å². The first kappa shape index (κ1) is 12.0. The van der Waals surface area contributed by atoms with Crippen LogP contribution in [-0.2, 0) is 4.74 Å². The lowest BCUT2D eigenvalue weighted by atomic mass is 9.96. The van der Waals surface area contributed by atoms with E-state index in [1.807, 2.05) is 0 Å². The Bertz CT molecular complexity index is 141. The normalized spacial score (nSPS) is 25.3. The Kier molecular flexibility index (Phi) is 5.49. The average Bonchev–Trinajstić information content (AvgIpc) is 2.17. The molecule has 0 aromatic carbocycles. The molecular formula is C12H25NO. The molecule has 0 radical (unpaired) electrons. The zero-order valence-corrected chi connectivity index (χ0v) is 9.88. The lowest BCUT2D eigenvalue weighted by Gasteiger charge is -2.27. The first-order chi connectivity index (χ1) is 6.72. The molecule has 0 bridgehead atoms. The zero-order chi connectivity index (χ0) is 10.4. The van der Waals surface area contributed by atoms with Crippen LogP contribution in [0.2, 0.25) is 0 Å². The second-order valence-electron chi connectivity index (χ2n) is 4.84. The molecule has 0 saturated carbocycles. The van der Waals surface area contributed by atoms with E-state index in [4.69, 9.17) is 4.74 Å². The largest absolute Gasteiger partial charge is 0.378 e. The van der Waals surface area contributed by atoms with Crippen LogP contribution < -0.4 is 5.32 Å². The third-order valence-electron chi connectivity index (χ3n) is 2.99. The van der Waals surface area contributed by atoms with Gasteiger partial charge in [0.2, 0.25) is 0 Å². The van der Waals surface area contributed by atoms with Crippen molar-refractivity contribution in [3.05, 3.63) is 0 Å². The van der Waals surface area contributed by atoms with Crippen molar-refractivity contribution in [1.29, 1.82) is 0 Å². The van der Waals surface area contributed by atoms with Crippen LogP contribution >= 0.6 is 0 Å². The Hall–Kier alpha value is -0.0800. The summed E-state index contributed by atoms with van der Waals surface area (Å²) in [5, 5.41) is 3.40. The predicted octanol–water partition coefficient (Wildman–Crippen LogP) is 2.58. The maximum Gasteiger partial charge on any atom is 0.0590 e. The van der Waals surface area contributed by atoms with E-state index in [1.54, 1.807) is 0 Å². The minimum absolute atomic E-state index is 0.514. The highest BCUT2D eigenvalue weighted by molar-refractivity contribution is 4.74. The highest BCUT2D eigenvalue weighted by atomic mass is 16.5. The van der Waals surface area contributed by atoms with E-state index in [1.165, 1.54) is 32.1 Å². The SMILES string of the molecule is CNC(CC(C)C)CC1CCCCO1. The molecule has 1 N–H and O–H groups in total. The van der Waals surface area contributed by atoms with Crippen LogP contribution in [0.4, 0.5) is 0 Å². The summed E-state index contributed by atoms with van der Waals surface area (Å²) in [5.74, 6) is 0.774. The molecule has 0 aliphatic carbocycles. The summed E-state index contributed by atoms with van der Waals surface area (Å²) < 4.78 is 5.75. The van der Waals surface area contributed by atoms with E-state index in [9.17, 15) is 0 Å². The molecule has 1 rings (SSSR count). The van der Waals surface area contributed by atoms with E-state index in [0.717, 1.165) is 12.5 Å². The van der Waals surface area contributed by atoms with Crippen molar-refractivity contribution in [3.63, 3.8) is 0 Å². The van der Waals surface area contributed by atoms with E-state index >= 15 is 0 Å². The van der Waals surface area contributed by atoms with Crippen LogP contribution in [0.5, 0.6) is 0 Å². The summed E-state index contributed by atoms with van der Waals surface area (Å²) >= 11 is 0. The quantitative estimate of drug-likeness (QED) is 0.735. The molecule has 2 unspecified atom stereocenters. The standard InChI is InChI=1S/C12H25NO/c1-10(2)8-11(13-3)9-12-6-4-5-7-14-12/h10-13H,4-9H2,1-3H3. The molecule has 2 atom stereocenters. The van der Waals surface area contributed by atoms with Crippen molar-refractivity contribution in [2.75, 3.05) is 13.7 Å². The molecule has 1 saturated heterocycles. The number of rotatable bonds is 5. The summed E-state index contributed by atoms with van der Waals surface area (Å²) in [6, 6.07) is 0.637. The van der Waals surface area contributed by atoms with E-state index in [-0.39, 0.29) is 0 Å². The third kappa shape index (κ3) is 4.43. The molecule has 1 aliphatic heterocycles. The van der Waals surface area contributed by atoms with Gasteiger partial charge in [0.15, 0.2) is 0 Å². The van der Waals surface area contributed by atoms with Crippen LogP contribution in [-0.4, -0.2) is 25.8 Å². The van der Waals surface area contributed by atoms with Crippen LogP contribution in [0.15, 0.2) is 0 Å². The van der Waals surface area contributed by atoms with Crippen molar-refractivity contribution >= 4 is 0 Å². The summed E-state index contributed by atoms with van der Waals surface area (Å²) in [7, 11) is 2.07. The number of hydrogen-bond donors (Lipinski definition) is 1. The minimum atomic E-state index is 0.514. The molecular weight excluding hydrogens is 174 g/mol. The molecule has 0 amide bonds. The Balaban J connectivity index is 2.23. The maximum atomic E-state index is 5.75. The molecule has 2 heteroatoms. The lowest BCUT2D eigenvalue weighted by molar-refractivity contribution is 0.00448. The average molecular weight is 199 g/mol. The fraction of sp³-hybridized carbons (Fsp3) is 1.00. The van der Waals surface area contributed by atoms with Crippen molar-refractivity contribution < 1.29 is 4.74 Å². The van der Waals surface area contributed by atoms with Gasteiger partial charge in [-0.2, -0.15) is 0 Å². The molecule has 0 aromatic rings. The van der Waals surface area contributed by atoms with Crippen LogP contribution in [0, 0.1) is 5.92 Å². The van der Waals surface area contributed by atoms with E-state index in [0.29, 0.717) is 12.1 Å². The second-order valence-corrected chi connectivity index (χ2v) is 4.84. The van der Waals surface area contributed by atoms with Gasteiger partial charge in [-0.15, -0.1) is 0 Å². The van der Waals surface area contributed by atoms with E-state index in [2.05, 4.69) is 26.2 Å². The van der Waals surface area contributed by atoms with Gasteiger partial charge in [0.1, 0.15) is 0 Å². The number of hydrogen-bond acceptors (Lipinski definition) is 2. The third-order valence-corrected chi connectivity index (χ3v) is 2.99. The second kappa shape index (κ2) is 6.41. The summed E-state index contributed by atoms with van der Waals surface area (Å²) in [5.41, 5.74) is 0. The number of nitrogens with one attached hydrogen (secondary N) is 1. The Morgan fingerprint density at radius 3 is 2.64 bits per heavy atom. The monoisotopic (exact) mass is 199 g/mol. The summed E-state index contributed by atoms with van der Waals surface area (Å²) in [6.07, 6.45) is 6.83. The predicted molar refractivity (Wildman–Crippen MR) is 60.5 cm³/mol. The van der Waals surface area contributed by atoms with Gasteiger partial charge in [0.25, 0.3) is 0 Å². The van der Waals surface area contributed by atoms with Gasteiger partial charge in [0.05, 0.1) is 6.10 Å². The van der Waals surface area contributed by atoms with Gasteiger partial charge in [-0.3, -0.25) is 0 Å². The molecule has 84 valence electrons. The molecule has 14 heavy (non-hydrogen) atoms. The molecule has 1 fully saturated rings. The van der Waals surface area contributed by atoms with Crippen molar-refractivity contribution in [3.8, 4) is 0 Å². The fourth-order valence-electron chi connectivity index (χ4n) is 2.21. The Morgan fingerprint density at radius 2 is 2.14 bits per heavy atom. The smallest absolute Gasteiger partial charge is 0.0590 e. The Labute approximate surface area is 88.4 Å². The fourth-order valence-corrected chi connectivity index (χ4v) is 2.21. The summed E-state index contributed by atoms with van der Waals surface area (Å²) in [4.78, 5) is 0. The highest BCUT2D eigenvalue weighted by Gasteiger charge is 2.18. The first-order valence-corrected chi connectivity index (χ1v) is 6.01. The van der Waals surface area contributed by atoms with Crippen molar-refractivity contribution in [1.82, 2.24) is 5.32 Å². The molecule has 1 heterocycles. The van der Waals surface area contributed by atoms with Gasteiger partial charge in [-0.05, 0) is 45.1 Å². The zero-order valence-electron chi connectivity index (χ0n) is 9.88.